The number of anilines is 2. The van der Waals surface area contributed by atoms with Crippen LogP contribution in [0.4, 0.5) is 11.6 Å². The third kappa shape index (κ3) is 4.96. The number of nitrogens with one attached hydrogen (secondary N) is 2. The number of benzene rings is 1. The van der Waals surface area contributed by atoms with Crippen LogP contribution in [0.2, 0.25) is 0 Å². The van der Waals surface area contributed by atoms with Gasteiger partial charge in [-0.15, -0.1) is 12.4 Å². The Morgan fingerprint density at radius 2 is 1.97 bits per heavy atom. The van der Waals surface area contributed by atoms with E-state index >= 15 is 0 Å². The lowest BCUT2D eigenvalue weighted by Crippen LogP contribution is -2.32. The van der Waals surface area contributed by atoms with Gasteiger partial charge >= 0.3 is 0 Å². The second-order valence-electron chi connectivity index (χ2n) is 8.91. The van der Waals surface area contributed by atoms with E-state index in [1.807, 2.05) is 28.9 Å². The third-order valence-electron chi connectivity index (χ3n) is 6.25. The predicted molar refractivity (Wildman–Crippen MR) is 140 cm³/mol. The summed E-state index contributed by atoms with van der Waals surface area (Å²) in [5, 5.41) is 11.9. The summed E-state index contributed by atoms with van der Waals surface area (Å²) in [6.45, 7) is 6.06. The first-order valence-electron chi connectivity index (χ1n) is 11.6. The quantitative estimate of drug-likeness (QED) is 0.381. The molecule has 1 aliphatic rings. The molecule has 182 valence electrons. The van der Waals surface area contributed by atoms with Gasteiger partial charge in [-0.1, -0.05) is 26.0 Å². The topological polar surface area (TPSA) is 124 Å². The number of piperidine rings is 1. The standard InChI is InChI=1S/C25H28N8O.ClH/c1-15(2)18-9-11-28-20(12-18)31-25(34)17-7-5-16(6-8-17)22-21-23(26)29-14-30-24(21)33(32-22)19-4-3-10-27-13-19;/h5-9,11-12,14-15,19,27H,3-4,10,13H2,1-2H3,(H2,26,29,30)(H,28,31,34);1H. The molecule has 9 nitrogen and oxygen atoms in total. The van der Waals surface area contributed by atoms with Crippen molar-refractivity contribution < 1.29 is 4.79 Å². The smallest absolute Gasteiger partial charge is 0.256 e. The highest BCUT2D eigenvalue weighted by molar-refractivity contribution is 6.04. The van der Waals surface area contributed by atoms with Gasteiger partial charge in [-0.05, 0) is 55.1 Å². The summed E-state index contributed by atoms with van der Waals surface area (Å²) in [4.78, 5) is 25.7. The highest BCUT2D eigenvalue weighted by Crippen LogP contribution is 2.33. The van der Waals surface area contributed by atoms with Crippen LogP contribution >= 0.6 is 12.4 Å². The van der Waals surface area contributed by atoms with E-state index in [4.69, 9.17) is 10.8 Å². The van der Waals surface area contributed by atoms with Gasteiger partial charge in [0.25, 0.3) is 5.91 Å². The molecule has 4 N–H and O–H groups in total. The lowest BCUT2D eigenvalue weighted by atomic mass is 10.0. The zero-order chi connectivity index (χ0) is 23.7. The van der Waals surface area contributed by atoms with Crippen LogP contribution in [0.15, 0.2) is 48.9 Å². The maximum absolute atomic E-state index is 12.8. The van der Waals surface area contributed by atoms with Crippen LogP contribution in [0.25, 0.3) is 22.3 Å². The molecule has 5 rings (SSSR count). The Bertz CT molecular complexity index is 1330. The molecule has 3 aromatic heterocycles. The van der Waals surface area contributed by atoms with Crippen molar-refractivity contribution in [2.45, 2.75) is 38.6 Å². The summed E-state index contributed by atoms with van der Waals surface area (Å²) in [6.07, 6.45) is 5.30. The van der Waals surface area contributed by atoms with Crippen LogP contribution in [0.1, 0.15) is 54.6 Å². The SMILES string of the molecule is CC(C)c1ccnc(NC(=O)c2ccc(-c3nn(C4CCCNC4)c4ncnc(N)c34)cc2)c1.Cl. The molecular weight excluding hydrogens is 464 g/mol. The minimum Gasteiger partial charge on any atom is -0.383 e. The number of carbonyl (C=O) groups excluding carboxylic acids is 1. The van der Waals surface area contributed by atoms with Crippen molar-refractivity contribution in [3.63, 3.8) is 0 Å². The summed E-state index contributed by atoms with van der Waals surface area (Å²) in [5.41, 5.74) is 10.2. The molecule has 1 fully saturated rings. The van der Waals surface area contributed by atoms with Gasteiger partial charge in [0, 0.05) is 23.9 Å². The molecule has 1 amide bonds. The van der Waals surface area contributed by atoms with Crippen LogP contribution in [0.5, 0.6) is 0 Å². The third-order valence-corrected chi connectivity index (χ3v) is 6.25. The Morgan fingerprint density at radius 1 is 1.17 bits per heavy atom. The van der Waals surface area contributed by atoms with E-state index in [0.29, 0.717) is 23.1 Å². The first-order valence-corrected chi connectivity index (χ1v) is 11.6. The summed E-state index contributed by atoms with van der Waals surface area (Å²) in [6, 6.07) is 11.4. The number of aromatic nitrogens is 5. The summed E-state index contributed by atoms with van der Waals surface area (Å²) < 4.78 is 1.96. The fraction of sp³-hybridized carbons (Fsp3) is 0.320. The van der Waals surface area contributed by atoms with Gasteiger partial charge in [0.15, 0.2) is 5.65 Å². The number of amides is 1. The molecule has 0 bridgehead atoms. The fourth-order valence-electron chi connectivity index (χ4n) is 4.34. The van der Waals surface area contributed by atoms with Gasteiger partial charge < -0.3 is 16.4 Å². The van der Waals surface area contributed by atoms with Crippen molar-refractivity contribution in [3.05, 3.63) is 60.0 Å². The van der Waals surface area contributed by atoms with Gasteiger partial charge in [-0.3, -0.25) is 4.79 Å². The van der Waals surface area contributed by atoms with Crippen LogP contribution in [-0.4, -0.2) is 43.7 Å². The van der Waals surface area contributed by atoms with E-state index in [-0.39, 0.29) is 24.4 Å². The van der Waals surface area contributed by atoms with E-state index in [1.165, 1.54) is 6.33 Å². The first kappa shape index (κ1) is 24.6. The number of carbonyl (C=O) groups is 1. The van der Waals surface area contributed by atoms with E-state index in [0.717, 1.165) is 53.8 Å². The molecule has 1 atom stereocenters. The van der Waals surface area contributed by atoms with Gasteiger partial charge in [0.1, 0.15) is 23.7 Å². The molecule has 1 aromatic carbocycles. The Hall–Kier alpha value is -3.56. The number of nitrogens with two attached hydrogens (primary N) is 1. The van der Waals surface area contributed by atoms with Gasteiger partial charge in [-0.2, -0.15) is 5.10 Å². The molecule has 0 aliphatic carbocycles. The van der Waals surface area contributed by atoms with Crippen molar-refractivity contribution in [3.8, 4) is 11.3 Å². The largest absolute Gasteiger partial charge is 0.383 e. The molecule has 4 aromatic rings. The van der Waals surface area contributed by atoms with Crippen LogP contribution < -0.4 is 16.4 Å². The monoisotopic (exact) mass is 492 g/mol. The molecule has 0 radical (unpaired) electrons. The van der Waals surface area contributed by atoms with Crippen LogP contribution in [-0.2, 0) is 0 Å². The maximum atomic E-state index is 12.8. The number of nitrogen functional groups attached to an aromatic ring is 1. The highest BCUT2D eigenvalue weighted by Gasteiger charge is 2.23. The Kier molecular flexibility index (Phi) is 7.28. The summed E-state index contributed by atoms with van der Waals surface area (Å²) in [5.74, 6) is 1.07. The zero-order valence-electron chi connectivity index (χ0n) is 19.7. The number of nitrogens with zero attached hydrogens (tertiary/aromatic N) is 5. The van der Waals surface area contributed by atoms with Crippen LogP contribution in [0.3, 0.4) is 0 Å². The Labute approximate surface area is 210 Å². The van der Waals surface area contributed by atoms with Crippen molar-refractivity contribution in [2.24, 2.45) is 0 Å². The minimum atomic E-state index is -0.216. The average molecular weight is 493 g/mol. The molecule has 0 spiro atoms. The first-order chi connectivity index (χ1) is 16.5. The highest BCUT2D eigenvalue weighted by atomic mass is 35.5. The van der Waals surface area contributed by atoms with Crippen molar-refractivity contribution in [2.75, 3.05) is 24.1 Å². The van der Waals surface area contributed by atoms with E-state index in [1.54, 1.807) is 18.3 Å². The Balaban J connectivity index is 0.00000289. The normalized spacial score (nSPS) is 15.7. The molecule has 35 heavy (non-hydrogen) atoms. The summed E-state index contributed by atoms with van der Waals surface area (Å²) in [7, 11) is 0. The van der Waals surface area contributed by atoms with E-state index < -0.39 is 0 Å². The Morgan fingerprint density at radius 3 is 2.69 bits per heavy atom. The summed E-state index contributed by atoms with van der Waals surface area (Å²) >= 11 is 0. The zero-order valence-corrected chi connectivity index (χ0v) is 20.5. The van der Waals surface area contributed by atoms with Gasteiger partial charge in [0.05, 0.1) is 11.4 Å². The predicted octanol–water partition coefficient (Wildman–Crippen LogP) is 4.19. The molecule has 10 heteroatoms. The molecule has 1 saturated heterocycles. The number of hydrogen-bond donors (Lipinski definition) is 3. The molecule has 0 saturated carbocycles. The minimum absolute atomic E-state index is 0. The lowest BCUT2D eigenvalue weighted by Gasteiger charge is -2.23. The van der Waals surface area contributed by atoms with Crippen molar-refractivity contribution in [1.29, 1.82) is 0 Å². The number of halogens is 1. The second kappa shape index (κ2) is 10.4. The van der Waals surface area contributed by atoms with E-state index in [2.05, 4.69) is 39.4 Å². The van der Waals surface area contributed by atoms with Gasteiger partial charge in [-0.25, -0.2) is 19.6 Å². The molecule has 1 aliphatic heterocycles. The molecule has 1 unspecified atom stereocenters. The number of fused-ring (bicyclic) bond motifs is 1. The maximum Gasteiger partial charge on any atom is 0.256 e. The lowest BCUT2D eigenvalue weighted by molar-refractivity contribution is 0.102. The number of pyridine rings is 1. The van der Waals surface area contributed by atoms with Crippen molar-refractivity contribution >= 4 is 41.0 Å². The molecular formula is C25H29ClN8O. The average Bonchev–Trinajstić information content (AvgIpc) is 3.26. The van der Waals surface area contributed by atoms with Crippen molar-refractivity contribution in [1.82, 2.24) is 30.0 Å². The second-order valence-corrected chi connectivity index (χ2v) is 8.91. The van der Waals surface area contributed by atoms with Gasteiger partial charge in [0.2, 0.25) is 0 Å². The number of hydrogen-bond acceptors (Lipinski definition) is 7. The fourth-order valence-corrected chi connectivity index (χ4v) is 4.34. The number of rotatable bonds is 5. The van der Waals surface area contributed by atoms with Crippen LogP contribution in [0, 0.1) is 0 Å². The van der Waals surface area contributed by atoms with E-state index in [9.17, 15) is 4.79 Å². The molecule has 4 heterocycles.